The van der Waals surface area contributed by atoms with Gasteiger partial charge in [-0.25, -0.2) is 4.79 Å². The quantitative estimate of drug-likeness (QED) is 0.543. The van der Waals surface area contributed by atoms with Crippen molar-refractivity contribution < 1.29 is 19.1 Å². The van der Waals surface area contributed by atoms with E-state index >= 15 is 0 Å². The van der Waals surface area contributed by atoms with Crippen LogP contribution in [0.25, 0.3) is 11.1 Å². The molecule has 0 aliphatic rings. The van der Waals surface area contributed by atoms with E-state index in [-0.39, 0.29) is 21.9 Å². The van der Waals surface area contributed by atoms with Crippen molar-refractivity contribution in [2.75, 3.05) is 18.5 Å². The molecule has 0 unspecified atom stereocenters. The van der Waals surface area contributed by atoms with Crippen LogP contribution < -0.4 is 14.9 Å². The number of carbonyl (C=O) groups is 2. The van der Waals surface area contributed by atoms with E-state index in [0.717, 1.165) is 22.6 Å². The smallest absolute Gasteiger partial charge is 0.341 e. The molecule has 2 heterocycles. The highest BCUT2D eigenvalue weighted by Crippen LogP contribution is 2.37. The van der Waals surface area contributed by atoms with Gasteiger partial charge in [0.25, 0.3) is 5.91 Å². The molecular weight excluding hydrogens is 412 g/mol. The number of H-pyrrole nitrogens is 1. The van der Waals surface area contributed by atoms with Gasteiger partial charge in [0, 0.05) is 16.6 Å². The Bertz CT molecular complexity index is 1080. The van der Waals surface area contributed by atoms with Crippen LogP contribution in [0.5, 0.6) is 5.75 Å². The maximum atomic E-state index is 12.6. The van der Waals surface area contributed by atoms with Gasteiger partial charge in [0.1, 0.15) is 21.2 Å². The first-order chi connectivity index (χ1) is 13.9. The number of carbonyl (C=O) groups excluding carboxylic acids is 2. The molecular formula is C20H20N2O5S2. The van der Waals surface area contributed by atoms with Crippen molar-refractivity contribution >= 4 is 39.6 Å². The van der Waals surface area contributed by atoms with Gasteiger partial charge >= 0.3 is 10.8 Å². The van der Waals surface area contributed by atoms with Crippen LogP contribution in [0.4, 0.5) is 5.00 Å². The summed E-state index contributed by atoms with van der Waals surface area (Å²) in [4.78, 5) is 39.3. The summed E-state index contributed by atoms with van der Waals surface area (Å²) in [5.41, 5.74) is 2.23. The molecule has 0 fully saturated rings. The zero-order chi connectivity index (χ0) is 21.0. The Balaban J connectivity index is 1.97. The summed E-state index contributed by atoms with van der Waals surface area (Å²) in [7, 11) is 0. The van der Waals surface area contributed by atoms with Crippen LogP contribution in [0.2, 0.25) is 0 Å². The molecule has 2 aromatic heterocycles. The third-order valence-electron chi connectivity index (χ3n) is 4.01. The molecule has 152 valence electrons. The molecule has 0 saturated carbocycles. The van der Waals surface area contributed by atoms with Gasteiger partial charge in [-0.05, 0) is 38.5 Å². The summed E-state index contributed by atoms with van der Waals surface area (Å²) in [6.07, 6.45) is 0. The number of amides is 1. The molecule has 0 aliphatic heterocycles. The fraction of sp³-hybridized carbons (Fsp3) is 0.250. The van der Waals surface area contributed by atoms with Crippen LogP contribution in [-0.4, -0.2) is 30.1 Å². The Morgan fingerprint density at radius 2 is 1.86 bits per heavy atom. The largest absolute Gasteiger partial charge is 0.494 e. The minimum atomic E-state index is -0.521. The van der Waals surface area contributed by atoms with Crippen LogP contribution in [0.1, 0.15) is 39.6 Å². The van der Waals surface area contributed by atoms with Crippen molar-refractivity contribution in [2.24, 2.45) is 0 Å². The van der Waals surface area contributed by atoms with E-state index in [0.29, 0.717) is 22.9 Å². The highest BCUT2D eigenvalue weighted by Gasteiger charge is 2.24. The molecule has 3 rings (SSSR count). The Morgan fingerprint density at radius 1 is 1.14 bits per heavy atom. The molecule has 2 N–H and O–H groups in total. The third kappa shape index (κ3) is 4.57. The molecule has 0 radical (unpaired) electrons. The topological polar surface area (TPSA) is 97.5 Å². The predicted molar refractivity (Wildman–Crippen MR) is 115 cm³/mol. The van der Waals surface area contributed by atoms with Gasteiger partial charge in [-0.1, -0.05) is 23.5 Å². The molecule has 1 amide bonds. The summed E-state index contributed by atoms with van der Waals surface area (Å²) in [6, 6.07) is 7.35. The zero-order valence-corrected chi connectivity index (χ0v) is 17.8. The summed E-state index contributed by atoms with van der Waals surface area (Å²) in [5, 5.41) is 4.92. The van der Waals surface area contributed by atoms with Crippen LogP contribution in [0.15, 0.2) is 34.4 Å². The predicted octanol–water partition coefficient (Wildman–Crippen LogP) is 4.30. The monoisotopic (exact) mass is 432 g/mol. The van der Waals surface area contributed by atoms with E-state index in [2.05, 4.69) is 10.3 Å². The number of thiophene rings is 1. The van der Waals surface area contributed by atoms with E-state index in [1.165, 1.54) is 11.3 Å². The second-order valence-electron chi connectivity index (χ2n) is 5.95. The van der Waals surface area contributed by atoms with Crippen molar-refractivity contribution in [1.29, 1.82) is 0 Å². The van der Waals surface area contributed by atoms with Gasteiger partial charge in [-0.15, -0.1) is 11.3 Å². The number of aromatic amines is 1. The molecule has 0 spiro atoms. The van der Waals surface area contributed by atoms with Gasteiger partial charge in [-0.2, -0.15) is 0 Å². The van der Waals surface area contributed by atoms with Crippen LogP contribution in [0, 0.1) is 6.92 Å². The number of esters is 1. The van der Waals surface area contributed by atoms with Crippen molar-refractivity contribution in [3.8, 4) is 16.9 Å². The Kier molecular flexibility index (Phi) is 6.50. The average Bonchev–Trinajstić information content (AvgIpc) is 3.25. The van der Waals surface area contributed by atoms with E-state index in [9.17, 15) is 14.4 Å². The van der Waals surface area contributed by atoms with E-state index in [1.54, 1.807) is 19.2 Å². The minimum Gasteiger partial charge on any atom is -0.494 e. The van der Waals surface area contributed by atoms with Crippen LogP contribution in [0.3, 0.4) is 0 Å². The second kappa shape index (κ2) is 9.06. The molecule has 29 heavy (non-hydrogen) atoms. The molecule has 1 aromatic carbocycles. The molecule has 9 heteroatoms. The first kappa shape index (κ1) is 20.8. The SMILES string of the molecule is CCOC(=O)c1c(-c2ccc(OCC)cc2)csc1NC(=O)c1sc(=O)[nH]c1C. The van der Waals surface area contributed by atoms with Crippen molar-refractivity contribution in [3.63, 3.8) is 0 Å². The molecule has 7 nitrogen and oxygen atoms in total. The standard InChI is InChI=1S/C20H20N2O5S2/c1-4-26-13-8-6-12(7-9-13)14-10-28-18(15(14)19(24)27-5-2)22-17(23)16-11(3)21-20(25)29-16/h6-10H,4-5H2,1-3H3,(H,21,25)(H,22,23). The van der Waals surface area contributed by atoms with Gasteiger partial charge in [0.05, 0.1) is 13.2 Å². The first-order valence-corrected chi connectivity index (χ1v) is 10.7. The van der Waals surface area contributed by atoms with Crippen molar-refractivity contribution in [1.82, 2.24) is 4.98 Å². The highest BCUT2D eigenvalue weighted by molar-refractivity contribution is 7.15. The van der Waals surface area contributed by atoms with E-state index in [4.69, 9.17) is 9.47 Å². The summed E-state index contributed by atoms with van der Waals surface area (Å²) in [5.74, 6) is -0.237. The van der Waals surface area contributed by atoms with Gasteiger partial charge in [0.15, 0.2) is 0 Å². The molecule has 3 aromatic rings. The van der Waals surface area contributed by atoms with Gasteiger partial charge in [0.2, 0.25) is 0 Å². The lowest BCUT2D eigenvalue weighted by Gasteiger charge is -2.09. The number of aryl methyl sites for hydroxylation is 1. The lowest BCUT2D eigenvalue weighted by molar-refractivity contribution is 0.0529. The number of thiazole rings is 1. The fourth-order valence-electron chi connectivity index (χ4n) is 2.75. The number of hydrogen-bond donors (Lipinski definition) is 2. The normalized spacial score (nSPS) is 10.6. The minimum absolute atomic E-state index is 0.212. The molecule has 0 bridgehead atoms. The second-order valence-corrected chi connectivity index (χ2v) is 7.82. The molecule has 0 saturated heterocycles. The lowest BCUT2D eigenvalue weighted by atomic mass is 10.0. The van der Waals surface area contributed by atoms with Gasteiger partial charge < -0.3 is 19.8 Å². The number of nitrogens with one attached hydrogen (secondary N) is 2. The van der Waals surface area contributed by atoms with E-state index in [1.807, 2.05) is 31.2 Å². The van der Waals surface area contributed by atoms with E-state index < -0.39 is 11.9 Å². The first-order valence-electron chi connectivity index (χ1n) is 8.97. The van der Waals surface area contributed by atoms with Crippen molar-refractivity contribution in [3.05, 3.63) is 55.4 Å². The molecule has 0 aliphatic carbocycles. The average molecular weight is 433 g/mol. The van der Waals surface area contributed by atoms with Crippen molar-refractivity contribution in [2.45, 2.75) is 20.8 Å². The molecule has 0 atom stereocenters. The van der Waals surface area contributed by atoms with Gasteiger partial charge in [-0.3, -0.25) is 9.59 Å². The summed E-state index contributed by atoms with van der Waals surface area (Å²) in [6.45, 7) is 6.05. The number of ether oxygens (including phenoxy) is 2. The summed E-state index contributed by atoms with van der Waals surface area (Å²) >= 11 is 2.05. The maximum Gasteiger partial charge on any atom is 0.341 e. The summed E-state index contributed by atoms with van der Waals surface area (Å²) < 4.78 is 10.7. The van der Waals surface area contributed by atoms with Crippen LogP contribution >= 0.6 is 22.7 Å². The number of rotatable bonds is 7. The maximum absolute atomic E-state index is 12.6. The lowest BCUT2D eigenvalue weighted by Crippen LogP contribution is -2.14. The zero-order valence-electron chi connectivity index (χ0n) is 16.2. The Hall–Kier alpha value is -2.91. The van der Waals surface area contributed by atoms with Crippen LogP contribution in [-0.2, 0) is 4.74 Å². The fourth-order valence-corrected chi connectivity index (χ4v) is 4.44. The number of hydrogen-bond acceptors (Lipinski definition) is 7. The number of aromatic nitrogens is 1. The number of anilines is 1. The Labute approximate surface area is 175 Å². The Morgan fingerprint density at radius 3 is 2.45 bits per heavy atom. The highest BCUT2D eigenvalue weighted by atomic mass is 32.1. The number of benzene rings is 1. The third-order valence-corrected chi connectivity index (χ3v) is 5.88.